The molecule has 1 aromatic carbocycles. The van der Waals surface area contributed by atoms with Crippen LogP contribution in [0.3, 0.4) is 0 Å². The molecule has 1 aliphatic heterocycles. The maximum Gasteiger partial charge on any atom is 0.128 e. The van der Waals surface area contributed by atoms with Crippen LogP contribution < -0.4 is 5.32 Å². The van der Waals surface area contributed by atoms with Crippen LogP contribution in [0.1, 0.15) is 44.4 Å². The summed E-state index contributed by atoms with van der Waals surface area (Å²) in [4.78, 5) is 0. The van der Waals surface area contributed by atoms with Crippen LogP contribution in [0.4, 0.5) is 8.78 Å². The Kier molecular flexibility index (Phi) is 3.97. The first-order valence-corrected chi connectivity index (χ1v) is 7.30. The first kappa shape index (κ1) is 13.8. The van der Waals surface area contributed by atoms with Crippen LogP contribution in [-0.2, 0) is 5.75 Å². The van der Waals surface area contributed by atoms with E-state index in [9.17, 15) is 8.78 Å². The summed E-state index contributed by atoms with van der Waals surface area (Å²) < 4.78 is 27.7. The third kappa shape index (κ3) is 2.41. The van der Waals surface area contributed by atoms with Crippen molar-refractivity contribution in [3.8, 4) is 0 Å². The fourth-order valence-corrected chi connectivity index (χ4v) is 3.57. The van der Waals surface area contributed by atoms with Gasteiger partial charge >= 0.3 is 0 Å². The largest absolute Gasteiger partial charge is 0.309 e. The third-order valence-electron chi connectivity index (χ3n) is 3.42. The second-order valence-corrected chi connectivity index (χ2v) is 6.83. The van der Waals surface area contributed by atoms with E-state index in [1.165, 1.54) is 12.1 Å². The van der Waals surface area contributed by atoms with Gasteiger partial charge in [0.05, 0.1) is 0 Å². The summed E-state index contributed by atoms with van der Waals surface area (Å²) in [7, 11) is 0. The number of rotatable bonds is 3. The second kappa shape index (κ2) is 5.17. The molecule has 100 valence electrons. The van der Waals surface area contributed by atoms with E-state index >= 15 is 0 Å². The molecule has 0 spiro atoms. The number of nitrogens with one attached hydrogen (secondary N) is 1. The van der Waals surface area contributed by atoms with Crippen molar-refractivity contribution in [3.63, 3.8) is 0 Å². The zero-order valence-corrected chi connectivity index (χ0v) is 11.8. The molecule has 0 radical (unpaired) electrons. The first-order valence-electron chi connectivity index (χ1n) is 6.31. The summed E-state index contributed by atoms with van der Waals surface area (Å²) in [5, 5.41) is 3.36. The minimum Gasteiger partial charge on any atom is -0.309 e. The molecule has 0 fully saturated rings. The second-order valence-electron chi connectivity index (χ2n) is 5.20. The third-order valence-corrected chi connectivity index (χ3v) is 4.83. The molecule has 1 unspecified atom stereocenters. The van der Waals surface area contributed by atoms with Crippen molar-refractivity contribution in [3.05, 3.63) is 34.9 Å². The van der Waals surface area contributed by atoms with Gasteiger partial charge in [-0.25, -0.2) is 8.78 Å². The predicted molar refractivity (Wildman–Crippen MR) is 72.8 cm³/mol. The molecular formula is C14H19F2NS. The number of fused-ring (bicyclic) bond motifs is 1. The molecular weight excluding hydrogens is 252 g/mol. The molecule has 0 aliphatic carbocycles. The van der Waals surface area contributed by atoms with E-state index in [1.54, 1.807) is 11.8 Å². The first-order chi connectivity index (χ1) is 8.47. The predicted octanol–water partition coefficient (Wildman–Crippen LogP) is 4.03. The molecule has 1 nitrogen and oxygen atoms in total. The molecule has 18 heavy (non-hydrogen) atoms. The normalized spacial score (nSPS) is 21.7. The van der Waals surface area contributed by atoms with Crippen LogP contribution in [0.5, 0.6) is 0 Å². The zero-order valence-electron chi connectivity index (χ0n) is 11.0. The van der Waals surface area contributed by atoms with Crippen LogP contribution in [0.2, 0.25) is 0 Å². The molecule has 0 saturated carbocycles. The Labute approximate surface area is 111 Å². The van der Waals surface area contributed by atoms with Crippen molar-refractivity contribution in [1.82, 2.24) is 5.32 Å². The van der Waals surface area contributed by atoms with Gasteiger partial charge < -0.3 is 5.32 Å². The smallest absolute Gasteiger partial charge is 0.128 e. The van der Waals surface area contributed by atoms with Crippen molar-refractivity contribution in [1.29, 1.82) is 0 Å². The van der Waals surface area contributed by atoms with Gasteiger partial charge in [-0.15, -0.1) is 11.8 Å². The van der Waals surface area contributed by atoms with Crippen LogP contribution in [-0.4, -0.2) is 11.3 Å². The standard InChI is InChI=1S/C14H19F2NS/c1-4-7-17-13-12-9(8-18-14(13,2)3)10(15)5-6-11(12)16/h5-6,13,17H,4,7-8H2,1-3H3. The lowest BCUT2D eigenvalue weighted by Gasteiger charge is -2.40. The highest BCUT2D eigenvalue weighted by molar-refractivity contribution is 8.00. The van der Waals surface area contributed by atoms with E-state index < -0.39 is 0 Å². The maximum absolute atomic E-state index is 14.1. The van der Waals surface area contributed by atoms with Crippen molar-refractivity contribution >= 4 is 11.8 Å². The molecule has 4 heteroatoms. The monoisotopic (exact) mass is 271 g/mol. The lowest BCUT2D eigenvalue weighted by atomic mass is 9.90. The highest BCUT2D eigenvalue weighted by Crippen LogP contribution is 2.47. The van der Waals surface area contributed by atoms with Crippen LogP contribution in [0.25, 0.3) is 0 Å². The topological polar surface area (TPSA) is 12.0 Å². The molecule has 1 atom stereocenters. The quantitative estimate of drug-likeness (QED) is 0.890. The van der Waals surface area contributed by atoms with Gasteiger partial charge in [0.15, 0.2) is 0 Å². The fourth-order valence-electron chi connectivity index (χ4n) is 2.39. The van der Waals surface area contributed by atoms with E-state index in [0.717, 1.165) is 13.0 Å². The van der Waals surface area contributed by atoms with Crippen molar-refractivity contribution in [2.24, 2.45) is 0 Å². The average molecular weight is 271 g/mol. The summed E-state index contributed by atoms with van der Waals surface area (Å²) in [6.45, 7) is 7.04. The Morgan fingerprint density at radius 1 is 1.33 bits per heavy atom. The summed E-state index contributed by atoms with van der Waals surface area (Å²) in [5.41, 5.74) is 1.04. The van der Waals surface area contributed by atoms with Crippen molar-refractivity contribution in [2.75, 3.05) is 6.54 Å². The summed E-state index contributed by atoms with van der Waals surface area (Å²) >= 11 is 1.68. The molecule has 2 rings (SSSR count). The van der Waals surface area contributed by atoms with Gasteiger partial charge in [0, 0.05) is 27.7 Å². The molecule has 1 N–H and O–H groups in total. The molecule has 0 saturated heterocycles. The molecule has 1 aliphatic rings. The average Bonchev–Trinajstić information content (AvgIpc) is 2.32. The van der Waals surface area contributed by atoms with Gasteiger partial charge in [-0.3, -0.25) is 0 Å². The van der Waals surface area contributed by atoms with E-state index in [-0.39, 0.29) is 22.4 Å². The fraction of sp³-hybridized carbons (Fsp3) is 0.571. The van der Waals surface area contributed by atoms with Gasteiger partial charge in [0.25, 0.3) is 0 Å². The minimum atomic E-state index is -0.298. The molecule has 0 aromatic heterocycles. The molecule has 1 heterocycles. The summed E-state index contributed by atoms with van der Waals surface area (Å²) in [6, 6.07) is 2.33. The summed E-state index contributed by atoms with van der Waals surface area (Å²) in [6.07, 6.45) is 0.976. The van der Waals surface area contributed by atoms with Crippen LogP contribution >= 0.6 is 11.8 Å². The number of halogens is 2. The van der Waals surface area contributed by atoms with Crippen LogP contribution in [0, 0.1) is 11.6 Å². The number of hydrogen-bond acceptors (Lipinski definition) is 2. The van der Waals surface area contributed by atoms with E-state index in [2.05, 4.69) is 26.1 Å². The Balaban J connectivity index is 2.47. The van der Waals surface area contributed by atoms with E-state index in [1.807, 2.05) is 0 Å². The molecule has 0 amide bonds. The maximum atomic E-state index is 14.1. The number of benzene rings is 1. The van der Waals surface area contributed by atoms with E-state index in [0.29, 0.717) is 16.9 Å². The van der Waals surface area contributed by atoms with Gasteiger partial charge in [-0.1, -0.05) is 6.92 Å². The van der Waals surface area contributed by atoms with Gasteiger partial charge in [0.1, 0.15) is 11.6 Å². The van der Waals surface area contributed by atoms with Gasteiger partial charge in [-0.05, 0) is 38.9 Å². The lowest BCUT2D eigenvalue weighted by molar-refractivity contribution is 0.416. The zero-order chi connectivity index (χ0) is 13.3. The number of hydrogen-bond donors (Lipinski definition) is 1. The Morgan fingerprint density at radius 2 is 2.00 bits per heavy atom. The highest BCUT2D eigenvalue weighted by atomic mass is 32.2. The SMILES string of the molecule is CCCNC1c2c(F)ccc(F)c2CSC1(C)C. The van der Waals surface area contributed by atoms with E-state index in [4.69, 9.17) is 0 Å². The van der Waals surface area contributed by atoms with Crippen molar-refractivity contribution in [2.45, 2.75) is 43.7 Å². The number of thioether (sulfide) groups is 1. The molecule has 0 bridgehead atoms. The molecule has 1 aromatic rings. The van der Waals surface area contributed by atoms with Gasteiger partial charge in [0.2, 0.25) is 0 Å². The Morgan fingerprint density at radius 3 is 2.67 bits per heavy atom. The van der Waals surface area contributed by atoms with Crippen LogP contribution in [0.15, 0.2) is 12.1 Å². The van der Waals surface area contributed by atoms with Crippen molar-refractivity contribution < 1.29 is 8.78 Å². The Bertz CT molecular complexity index is 446. The minimum absolute atomic E-state index is 0.128. The Hall–Kier alpha value is -0.610. The summed E-state index contributed by atoms with van der Waals surface area (Å²) in [5.74, 6) is -0.0537. The highest BCUT2D eigenvalue weighted by Gasteiger charge is 2.39. The lowest BCUT2D eigenvalue weighted by Crippen LogP contribution is -2.41. The van der Waals surface area contributed by atoms with Gasteiger partial charge in [-0.2, -0.15) is 0 Å².